The molecule has 2 aromatic heterocycles. The van der Waals surface area contributed by atoms with E-state index in [0.717, 1.165) is 61.7 Å². The van der Waals surface area contributed by atoms with Crippen molar-refractivity contribution in [1.29, 1.82) is 0 Å². The Hall–Kier alpha value is -1.40. The highest BCUT2D eigenvalue weighted by Crippen LogP contribution is 2.34. The molecular weight excluding hydrogens is 308 g/mol. The molecule has 0 unspecified atom stereocenters. The molecule has 2 aromatic rings. The van der Waals surface area contributed by atoms with Crippen LogP contribution in [0.15, 0.2) is 4.79 Å². The van der Waals surface area contributed by atoms with Crippen LogP contribution in [0.4, 0.5) is 5.95 Å². The quantitative estimate of drug-likeness (QED) is 0.844. The van der Waals surface area contributed by atoms with Gasteiger partial charge in [-0.2, -0.15) is 0 Å². The Kier molecular flexibility index (Phi) is 3.89. The van der Waals surface area contributed by atoms with Crippen LogP contribution in [0.1, 0.15) is 30.2 Å². The monoisotopic (exact) mass is 332 g/mol. The normalized spacial score (nSPS) is 19.3. The Morgan fingerprint density at radius 1 is 1.13 bits per heavy atom. The van der Waals surface area contributed by atoms with Crippen molar-refractivity contribution in [3.8, 4) is 0 Å². The third-order valence-electron chi connectivity index (χ3n) is 5.28. The standard InChI is InChI=1S/C17H24N4OS/c1-3-20-8-10-21(11-9-20)17-18-15-14(16(22)19(17)2)12-6-4-5-7-13(12)23-15/h3-11H2,1-2H3. The molecule has 2 aliphatic rings. The lowest BCUT2D eigenvalue weighted by atomic mass is 9.97. The first kappa shape index (κ1) is 15.1. The molecule has 1 saturated heterocycles. The van der Waals surface area contributed by atoms with Gasteiger partial charge in [-0.25, -0.2) is 4.98 Å². The third kappa shape index (κ3) is 2.48. The van der Waals surface area contributed by atoms with Gasteiger partial charge in [-0.05, 0) is 37.8 Å². The third-order valence-corrected chi connectivity index (χ3v) is 6.46. The predicted octanol–water partition coefficient (Wildman–Crippen LogP) is 2.02. The van der Waals surface area contributed by atoms with E-state index in [0.29, 0.717) is 0 Å². The van der Waals surface area contributed by atoms with E-state index in [-0.39, 0.29) is 5.56 Å². The minimum absolute atomic E-state index is 0.141. The predicted molar refractivity (Wildman–Crippen MR) is 95.8 cm³/mol. The topological polar surface area (TPSA) is 41.4 Å². The highest BCUT2D eigenvalue weighted by molar-refractivity contribution is 7.18. The van der Waals surface area contributed by atoms with Gasteiger partial charge in [0, 0.05) is 38.1 Å². The summed E-state index contributed by atoms with van der Waals surface area (Å²) in [6.45, 7) is 7.29. The van der Waals surface area contributed by atoms with Crippen molar-refractivity contribution in [3.63, 3.8) is 0 Å². The highest BCUT2D eigenvalue weighted by atomic mass is 32.1. The smallest absolute Gasteiger partial charge is 0.263 e. The number of aryl methyl sites for hydroxylation is 2. The molecule has 0 atom stereocenters. The lowest BCUT2D eigenvalue weighted by Gasteiger charge is -2.35. The van der Waals surface area contributed by atoms with Crippen molar-refractivity contribution in [3.05, 3.63) is 20.8 Å². The highest BCUT2D eigenvalue weighted by Gasteiger charge is 2.24. The van der Waals surface area contributed by atoms with E-state index in [4.69, 9.17) is 4.98 Å². The zero-order valence-corrected chi connectivity index (χ0v) is 14.8. The van der Waals surface area contributed by atoms with Crippen molar-refractivity contribution < 1.29 is 0 Å². The zero-order chi connectivity index (χ0) is 16.0. The van der Waals surface area contributed by atoms with Crippen LogP contribution in [0.5, 0.6) is 0 Å². The number of likely N-dealkylation sites (N-methyl/N-ethyl adjacent to an activating group) is 1. The number of rotatable bonds is 2. The van der Waals surface area contributed by atoms with Gasteiger partial charge in [0.15, 0.2) is 0 Å². The first-order valence-electron chi connectivity index (χ1n) is 8.67. The molecule has 5 nitrogen and oxygen atoms in total. The molecule has 1 aliphatic heterocycles. The van der Waals surface area contributed by atoms with Crippen LogP contribution in [-0.4, -0.2) is 47.2 Å². The molecule has 0 saturated carbocycles. The summed E-state index contributed by atoms with van der Waals surface area (Å²) < 4.78 is 1.77. The van der Waals surface area contributed by atoms with Crippen molar-refractivity contribution >= 4 is 27.5 Å². The van der Waals surface area contributed by atoms with Gasteiger partial charge in [-0.3, -0.25) is 9.36 Å². The Morgan fingerprint density at radius 2 is 1.87 bits per heavy atom. The average Bonchev–Trinajstić information content (AvgIpc) is 2.96. The minimum atomic E-state index is 0.141. The van der Waals surface area contributed by atoms with E-state index in [1.807, 2.05) is 7.05 Å². The summed E-state index contributed by atoms with van der Waals surface area (Å²) in [5, 5.41) is 0.892. The summed E-state index contributed by atoms with van der Waals surface area (Å²) in [5.74, 6) is 0.844. The summed E-state index contributed by atoms with van der Waals surface area (Å²) >= 11 is 1.74. The van der Waals surface area contributed by atoms with Gasteiger partial charge >= 0.3 is 0 Å². The molecule has 1 fully saturated rings. The molecule has 3 heterocycles. The maximum absolute atomic E-state index is 12.9. The molecule has 0 N–H and O–H groups in total. The summed E-state index contributed by atoms with van der Waals surface area (Å²) in [6.07, 6.45) is 4.60. The van der Waals surface area contributed by atoms with Crippen LogP contribution >= 0.6 is 11.3 Å². The number of aromatic nitrogens is 2. The molecular formula is C17H24N4OS. The number of piperazine rings is 1. The summed E-state index contributed by atoms with van der Waals surface area (Å²) in [4.78, 5) is 24.9. The van der Waals surface area contributed by atoms with E-state index in [9.17, 15) is 4.79 Å². The summed E-state index contributed by atoms with van der Waals surface area (Å²) in [5.41, 5.74) is 1.43. The lowest BCUT2D eigenvalue weighted by molar-refractivity contribution is 0.269. The van der Waals surface area contributed by atoms with E-state index < -0.39 is 0 Å². The van der Waals surface area contributed by atoms with E-state index in [1.54, 1.807) is 15.9 Å². The minimum Gasteiger partial charge on any atom is -0.340 e. The second kappa shape index (κ2) is 5.91. The fourth-order valence-electron chi connectivity index (χ4n) is 3.82. The number of thiophene rings is 1. The van der Waals surface area contributed by atoms with Gasteiger partial charge in [0.25, 0.3) is 5.56 Å². The number of nitrogens with zero attached hydrogens (tertiary/aromatic N) is 4. The Balaban J connectivity index is 1.77. The van der Waals surface area contributed by atoms with Crippen molar-refractivity contribution in [1.82, 2.24) is 14.5 Å². The maximum Gasteiger partial charge on any atom is 0.263 e. The number of anilines is 1. The van der Waals surface area contributed by atoms with Crippen molar-refractivity contribution in [2.75, 3.05) is 37.6 Å². The number of fused-ring (bicyclic) bond motifs is 3. The van der Waals surface area contributed by atoms with Gasteiger partial charge < -0.3 is 9.80 Å². The van der Waals surface area contributed by atoms with E-state index >= 15 is 0 Å². The van der Waals surface area contributed by atoms with Crippen LogP contribution in [0.2, 0.25) is 0 Å². The molecule has 1 aliphatic carbocycles. The molecule has 124 valence electrons. The summed E-state index contributed by atoms with van der Waals surface area (Å²) in [7, 11) is 1.88. The van der Waals surface area contributed by atoms with Gasteiger partial charge in [-0.15, -0.1) is 11.3 Å². The van der Waals surface area contributed by atoms with Gasteiger partial charge in [-0.1, -0.05) is 6.92 Å². The molecule has 0 spiro atoms. The van der Waals surface area contributed by atoms with Crippen molar-refractivity contribution in [2.45, 2.75) is 32.6 Å². The van der Waals surface area contributed by atoms with Crippen LogP contribution in [0.25, 0.3) is 10.2 Å². The molecule has 0 amide bonds. The van der Waals surface area contributed by atoms with Gasteiger partial charge in [0.1, 0.15) is 4.83 Å². The summed E-state index contributed by atoms with van der Waals surface area (Å²) in [6, 6.07) is 0. The van der Waals surface area contributed by atoms with Crippen LogP contribution in [0.3, 0.4) is 0 Å². The number of hydrogen-bond donors (Lipinski definition) is 0. The molecule has 0 radical (unpaired) electrons. The van der Waals surface area contributed by atoms with E-state index in [1.165, 1.54) is 23.3 Å². The largest absolute Gasteiger partial charge is 0.340 e. The molecule has 0 bridgehead atoms. The molecule has 4 rings (SSSR count). The lowest BCUT2D eigenvalue weighted by Crippen LogP contribution is -2.48. The van der Waals surface area contributed by atoms with Gasteiger partial charge in [0.05, 0.1) is 5.39 Å². The number of hydrogen-bond acceptors (Lipinski definition) is 5. The Morgan fingerprint density at radius 3 is 2.61 bits per heavy atom. The SMILES string of the molecule is CCN1CCN(c2nc3sc4c(c3c(=O)n2C)CCCC4)CC1. The first-order valence-corrected chi connectivity index (χ1v) is 9.49. The fourth-order valence-corrected chi connectivity index (χ4v) is 5.07. The Labute approximate surface area is 140 Å². The van der Waals surface area contributed by atoms with Gasteiger partial charge in [0.2, 0.25) is 5.95 Å². The fraction of sp³-hybridized carbons (Fsp3) is 0.647. The van der Waals surface area contributed by atoms with Crippen molar-refractivity contribution in [2.24, 2.45) is 7.05 Å². The van der Waals surface area contributed by atoms with Crippen LogP contribution in [-0.2, 0) is 19.9 Å². The second-order valence-electron chi connectivity index (χ2n) is 6.59. The zero-order valence-electron chi connectivity index (χ0n) is 14.0. The first-order chi connectivity index (χ1) is 11.2. The maximum atomic E-state index is 12.9. The molecule has 23 heavy (non-hydrogen) atoms. The Bertz CT molecular complexity index is 786. The molecule has 0 aromatic carbocycles. The van der Waals surface area contributed by atoms with Crippen LogP contribution < -0.4 is 10.5 Å². The van der Waals surface area contributed by atoms with E-state index in [2.05, 4.69) is 16.7 Å². The van der Waals surface area contributed by atoms with Crippen LogP contribution in [0, 0.1) is 0 Å². The average molecular weight is 332 g/mol. The second-order valence-corrected chi connectivity index (χ2v) is 7.67. The molecule has 6 heteroatoms.